The fraction of sp³-hybridized carbons (Fsp3) is 0.214. The Kier molecular flexibility index (Phi) is 3.97. The van der Waals surface area contributed by atoms with E-state index in [9.17, 15) is 18.4 Å². The van der Waals surface area contributed by atoms with E-state index in [1.54, 1.807) is 13.1 Å². The Balaban J connectivity index is 1.84. The van der Waals surface area contributed by atoms with E-state index in [4.69, 9.17) is 0 Å². The molecule has 10 heteroatoms. The first kappa shape index (κ1) is 16.0. The van der Waals surface area contributed by atoms with Gasteiger partial charge in [-0.05, 0) is 12.1 Å². The zero-order valence-corrected chi connectivity index (χ0v) is 12.5. The van der Waals surface area contributed by atoms with Crippen LogP contribution in [0.2, 0.25) is 0 Å². The number of hydrogen-bond acceptors (Lipinski definition) is 6. The second-order valence-corrected chi connectivity index (χ2v) is 5.02. The Morgan fingerprint density at radius 2 is 2.08 bits per heavy atom. The van der Waals surface area contributed by atoms with Gasteiger partial charge >= 0.3 is 6.18 Å². The maximum Gasteiger partial charge on any atom is 0.417 e. The molecule has 0 aliphatic carbocycles. The number of hydrogen-bond donors (Lipinski definition) is 2. The van der Waals surface area contributed by atoms with E-state index in [1.165, 1.54) is 23.2 Å². The molecule has 2 aromatic rings. The predicted molar refractivity (Wildman–Crippen MR) is 80.1 cm³/mol. The van der Waals surface area contributed by atoms with E-state index in [0.717, 1.165) is 17.3 Å². The molecular formula is C14H13F3N6O. The van der Waals surface area contributed by atoms with E-state index >= 15 is 0 Å². The minimum atomic E-state index is -4.43. The van der Waals surface area contributed by atoms with Crippen molar-refractivity contribution in [1.29, 1.82) is 0 Å². The Morgan fingerprint density at radius 3 is 2.71 bits per heavy atom. The molecule has 24 heavy (non-hydrogen) atoms. The SMILES string of the molecule is Cn1nc(NC2=CN=CCN2O)cc1-c1ccc(C(F)(F)F)cn1. The van der Waals surface area contributed by atoms with E-state index in [1.807, 2.05) is 0 Å². The molecule has 0 atom stereocenters. The monoisotopic (exact) mass is 338 g/mol. The molecule has 0 saturated heterocycles. The van der Waals surface area contributed by atoms with Crippen LogP contribution < -0.4 is 5.32 Å². The number of nitrogens with one attached hydrogen (secondary N) is 1. The van der Waals surface area contributed by atoms with Crippen molar-refractivity contribution in [3.63, 3.8) is 0 Å². The summed E-state index contributed by atoms with van der Waals surface area (Å²) in [5.41, 5.74) is 0.0612. The molecular weight excluding hydrogens is 325 g/mol. The van der Waals surface area contributed by atoms with Gasteiger partial charge in [-0.25, -0.2) is 5.06 Å². The van der Waals surface area contributed by atoms with Gasteiger partial charge in [0, 0.05) is 25.5 Å². The fourth-order valence-electron chi connectivity index (χ4n) is 2.12. The highest BCUT2D eigenvalue weighted by atomic mass is 19.4. The number of pyridine rings is 1. The summed E-state index contributed by atoms with van der Waals surface area (Å²) in [6, 6.07) is 3.87. The minimum absolute atomic E-state index is 0.235. The molecule has 0 spiro atoms. The summed E-state index contributed by atoms with van der Waals surface area (Å²) < 4.78 is 39.2. The smallest absolute Gasteiger partial charge is 0.322 e. The lowest BCUT2D eigenvalue weighted by Crippen LogP contribution is -2.27. The molecule has 3 rings (SSSR count). The lowest BCUT2D eigenvalue weighted by molar-refractivity contribution is -0.137. The highest BCUT2D eigenvalue weighted by Crippen LogP contribution is 2.30. The van der Waals surface area contributed by atoms with Gasteiger partial charge in [0.1, 0.15) is 0 Å². The first-order valence-corrected chi connectivity index (χ1v) is 6.87. The van der Waals surface area contributed by atoms with Crippen molar-refractivity contribution < 1.29 is 18.4 Å². The number of nitrogens with zero attached hydrogens (tertiary/aromatic N) is 5. The zero-order valence-electron chi connectivity index (χ0n) is 12.5. The Bertz CT molecular complexity index is 794. The largest absolute Gasteiger partial charge is 0.417 e. The van der Waals surface area contributed by atoms with Crippen molar-refractivity contribution in [2.75, 3.05) is 11.9 Å². The number of anilines is 1. The third kappa shape index (κ3) is 3.23. The molecule has 0 radical (unpaired) electrons. The van der Waals surface area contributed by atoms with Crippen molar-refractivity contribution in [3.8, 4) is 11.4 Å². The Morgan fingerprint density at radius 1 is 1.29 bits per heavy atom. The molecule has 0 saturated carbocycles. The second-order valence-electron chi connectivity index (χ2n) is 5.02. The number of alkyl halides is 3. The number of aryl methyl sites for hydroxylation is 1. The summed E-state index contributed by atoms with van der Waals surface area (Å²) in [7, 11) is 1.64. The third-order valence-corrected chi connectivity index (χ3v) is 3.32. The standard InChI is InChI=1S/C14H13F3N6O/c1-22-11(10-3-2-9(7-19-10)14(15,16)17)6-12(21-22)20-13-8-18-4-5-23(13)24/h2-4,6-8,24H,5H2,1H3,(H,20,21). The molecule has 2 N–H and O–H groups in total. The van der Waals surface area contributed by atoms with Crippen molar-refractivity contribution in [3.05, 3.63) is 42.0 Å². The van der Waals surface area contributed by atoms with Crippen molar-refractivity contribution in [2.24, 2.45) is 12.0 Å². The van der Waals surface area contributed by atoms with E-state index in [2.05, 4.69) is 20.4 Å². The van der Waals surface area contributed by atoms with Crippen LogP contribution in [0.3, 0.4) is 0 Å². The van der Waals surface area contributed by atoms with Gasteiger partial charge in [-0.3, -0.25) is 19.9 Å². The molecule has 0 bridgehead atoms. The normalized spacial score (nSPS) is 14.7. The number of aromatic nitrogens is 3. The quantitative estimate of drug-likeness (QED) is 0.899. The van der Waals surface area contributed by atoms with Gasteiger partial charge < -0.3 is 5.32 Å². The van der Waals surface area contributed by atoms with E-state index in [0.29, 0.717) is 23.0 Å². The molecule has 0 fully saturated rings. The van der Waals surface area contributed by atoms with E-state index in [-0.39, 0.29) is 6.54 Å². The molecule has 3 heterocycles. The number of rotatable bonds is 3. The molecule has 1 aliphatic heterocycles. The molecule has 1 aliphatic rings. The molecule has 0 amide bonds. The van der Waals surface area contributed by atoms with Crippen LogP contribution in [0.1, 0.15) is 5.56 Å². The lowest BCUT2D eigenvalue weighted by Gasteiger charge is -2.20. The first-order valence-electron chi connectivity index (χ1n) is 6.87. The topological polar surface area (TPSA) is 78.6 Å². The lowest BCUT2D eigenvalue weighted by atomic mass is 10.2. The van der Waals surface area contributed by atoms with Gasteiger partial charge in [0.2, 0.25) is 0 Å². The van der Waals surface area contributed by atoms with Crippen molar-refractivity contribution >= 4 is 12.0 Å². The summed E-state index contributed by atoms with van der Waals surface area (Å²) in [4.78, 5) is 7.77. The van der Waals surface area contributed by atoms with Gasteiger partial charge in [-0.1, -0.05) is 0 Å². The van der Waals surface area contributed by atoms with Crippen LogP contribution >= 0.6 is 0 Å². The highest BCUT2D eigenvalue weighted by molar-refractivity contribution is 5.64. The zero-order chi connectivity index (χ0) is 17.3. The van der Waals surface area contributed by atoms with Gasteiger partial charge in [0.25, 0.3) is 0 Å². The van der Waals surface area contributed by atoms with Gasteiger partial charge in [0.05, 0.1) is 29.7 Å². The first-order chi connectivity index (χ1) is 11.3. The summed E-state index contributed by atoms with van der Waals surface area (Å²) in [5, 5.41) is 17.7. The average Bonchev–Trinajstić information content (AvgIpc) is 2.89. The summed E-state index contributed by atoms with van der Waals surface area (Å²) in [5.74, 6) is 0.735. The van der Waals surface area contributed by atoms with Crippen molar-refractivity contribution in [2.45, 2.75) is 6.18 Å². The minimum Gasteiger partial charge on any atom is -0.322 e. The van der Waals surface area contributed by atoms with Crippen LogP contribution in [0.5, 0.6) is 0 Å². The summed E-state index contributed by atoms with van der Waals surface area (Å²) in [6.07, 6.45) is -0.693. The van der Waals surface area contributed by atoms with Crippen LogP contribution in [-0.4, -0.2) is 37.8 Å². The fourth-order valence-corrected chi connectivity index (χ4v) is 2.12. The number of hydroxylamine groups is 2. The van der Waals surface area contributed by atoms with E-state index < -0.39 is 11.7 Å². The molecule has 0 unspecified atom stereocenters. The molecule has 7 nitrogen and oxygen atoms in total. The van der Waals surface area contributed by atoms with Gasteiger partial charge in [-0.15, -0.1) is 0 Å². The highest BCUT2D eigenvalue weighted by Gasteiger charge is 2.30. The maximum absolute atomic E-state index is 12.6. The second kappa shape index (κ2) is 5.96. The van der Waals surface area contributed by atoms with Crippen LogP contribution in [0.15, 0.2) is 41.4 Å². The summed E-state index contributed by atoms with van der Waals surface area (Å²) in [6.45, 7) is 0.235. The molecule has 126 valence electrons. The summed E-state index contributed by atoms with van der Waals surface area (Å²) >= 11 is 0. The van der Waals surface area contributed by atoms with Crippen LogP contribution in [-0.2, 0) is 13.2 Å². The third-order valence-electron chi connectivity index (χ3n) is 3.32. The van der Waals surface area contributed by atoms with Gasteiger partial charge in [0.15, 0.2) is 11.6 Å². The van der Waals surface area contributed by atoms with Gasteiger partial charge in [-0.2, -0.15) is 18.3 Å². The Labute approximate surface area is 134 Å². The average molecular weight is 338 g/mol. The van der Waals surface area contributed by atoms with Crippen LogP contribution in [0.4, 0.5) is 19.0 Å². The number of aliphatic imine (C=N–C) groups is 1. The predicted octanol–water partition coefficient (Wildman–Crippen LogP) is 2.49. The Hall–Kier alpha value is -2.88. The molecule has 0 aromatic carbocycles. The van der Waals surface area contributed by atoms with Crippen molar-refractivity contribution in [1.82, 2.24) is 19.8 Å². The maximum atomic E-state index is 12.6. The van der Waals surface area contributed by atoms with Crippen LogP contribution in [0.25, 0.3) is 11.4 Å². The number of halogens is 3. The van der Waals surface area contributed by atoms with Crippen LogP contribution in [0, 0.1) is 0 Å². The molecule has 2 aromatic heterocycles.